The molecule has 0 saturated heterocycles. The van der Waals surface area contributed by atoms with Crippen LogP contribution < -0.4 is 15.2 Å². The van der Waals surface area contributed by atoms with E-state index in [9.17, 15) is 14.7 Å². The minimum atomic E-state index is -1.48. The van der Waals surface area contributed by atoms with E-state index in [0.717, 1.165) is 21.9 Å². The summed E-state index contributed by atoms with van der Waals surface area (Å²) < 4.78 is 5.47. The molecule has 0 aliphatic heterocycles. The lowest BCUT2D eigenvalue weighted by Gasteiger charge is -2.13. The van der Waals surface area contributed by atoms with Gasteiger partial charge in [-0.1, -0.05) is 54.1 Å². The van der Waals surface area contributed by atoms with Gasteiger partial charge in [0.05, 0.1) is 11.7 Å². The summed E-state index contributed by atoms with van der Waals surface area (Å²) in [5.41, 5.74) is 1.98. The Balaban J connectivity index is 1.76. The first-order valence-electron chi connectivity index (χ1n) is 8.95. The van der Waals surface area contributed by atoms with Crippen molar-refractivity contribution in [3.63, 3.8) is 0 Å². The van der Waals surface area contributed by atoms with Crippen LogP contribution >= 0.6 is 11.6 Å². The molecule has 0 spiro atoms. The van der Waals surface area contributed by atoms with E-state index < -0.39 is 11.9 Å². The van der Waals surface area contributed by atoms with Crippen LogP contribution in [0.5, 0.6) is 5.75 Å². The van der Waals surface area contributed by atoms with E-state index in [1.165, 1.54) is 6.08 Å². The predicted octanol–water partition coefficient (Wildman–Crippen LogP) is 3.40. The maximum Gasteiger partial charge on any atom is 0.262 e. The lowest BCUT2D eigenvalue weighted by atomic mass is 10.0. The van der Waals surface area contributed by atoms with Gasteiger partial charge in [-0.2, -0.15) is 0 Å². The van der Waals surface area contributed by atoms with Gasteiger partial charge in [-0.25, -0.2) is 0 Å². The highest BCUT2D eigenvalue weighted by molar-refractivity contribution is 6.32. The van der Waals surface area contributed by atoms with Crippen molar-refractivity contribution in [2.24, 2.45) is 0 Å². The van der Waals surface area contributed by atoms with Crippen LogP contribution in [0.3, 0.4) is 0 Å². The van der Waals surface area contributed by atoms with Gasteiger partial charge in [-0.3, -0.25) is 4.79 Å². The standard InChI is InChI=1S/C23H20ClNO4/c1-14-10-18(11-15(2)22(14)24)29-13-21(26)25-20(23(27)28)12-17-8-5-7-16-6-3-4-9-19(16)17/h3-12H,13H2,1-2H3,(H,25,26)(H,27,28)/p-1/b20-12+. The van der Waals surface area contributed by atoms with Gasteiger partial charge in [0.1, 0.15) is 5.75 Å². The summed E-state index contributed by atoms with van der Waals surface area (Å²) in [6.45, 7) is 3.33. The monoisotopic (exact) mass is 408 g/mol. The second-order valence-electron chi connectivity index (χ2n) is 6.62. The molecule has 3 rings (SSSR count). The highest BCUT2D eigenvalue weighted by Crippen LogP contribution is 2.26. The van der Waals surface area contributed by atoms with Crippen molar-refractivity contribution in [2.75, 3.05) is 6.61 Å². The van der Waals surface area contributed by atoms with Crippen molar-refractivity contribution in [3.05, 3.63) is 82.0 Å². The lowest BCUT2D eigenvalue weighted by Crippen LogP contribution is -2.37. The molecule has 0 aliphatic carbocycles. The van der Waals surface area contributed by atoms with E-state index in [0.29, 0.717) is 16.3 Å². The molecule has 5 nitrogen and oxygen atoms in total. The van der Waals surface area contributed by atoms with Gasteiger partial charge >= 0.3 is 0 Å². The average molecular weight is 409 g/mol. The summed E-state index contributed by atoms with van der Waals surface area (Å²) in [6.07, 6.45) is 1.38. The zero-order chi connectivity index (χ0) is 21.0. The number of nitrogens with one attached hydrogen (secondary N) is 1. The SMILES string of the molecule is Cc1cc(OCC(=O)N/C(=C/c2cccc3ccccc23)C(=O)[O-])cc(C)c1Cl. The Morgan fingerprint density at radius 2 is 1.72 bits per heavy atom. The number of aryl methyl sites for hydroxylation is 2. The molecule has 29 heavy (non-hydrogen) atoms. The Labute approximate surface area is 173 Å². The maximum absolute atomic E-state index is 12.2. The third-order valence-electron chi connectivity index (χ3n) is 4.40. The average Bonchev–Trinajstić information content (AvgIpc) is 2.70. The molecule has 0 fully saturated rings. The minimum absolute atomic E-state index is 0.335. The number of aliphatic carboxylic acids is 1. The first kappa shape index (κ1) is 20.4. The van der Waals surface area contributed by atoms with Crippen LogP contribution in [0.15, 0.2) is 60.3 Å². The van der Waals surface area contributed by atoms with Gasteiger partial charge in [0.25, 0.3) is 5.91 Å². The molecule has 148 valence electrons. The summed E-state index contributed by atoms with van der Waals surface area (Å²) >= 11 is 6.12. The predicted molar refractivity (Wildman–Crippen MR) is 111 cm³/mol. The second kappa shape index (κ2) is 8.80. The smallest absolute Gasteiger partial charge is 0.262 e. The van der Waals surface area contributed by atoms with E-state index in [2.05, 4.69) is 5.32 Å². The number of hydrogen-bond donors (Lipinski definition) is 1. The third kappa shape index (κ3) is 4.95. The van der Waals surface area contributed by atoms with Crippen LogP contribution in [0.25, 0.3) is 16.8 Å². The zero-order valence-electron chi connectivity index (χ0n) is 16.0. The molecule has 0 bridgehead atoms. The van der Waals surface area contributed by atoms with Gasteiger partial charge in [-0.05, 0) is 59.5 Å². The van der Waals surface area contributed by atoms with Crippen molar-refractivity contribution in [2.45, 2.75) is 13.8 Å². The molecule has 0 unspecified atom stereocenters. The topological polar surface area (TPSA) is 78.5 Å². The van der Waals surface area contributed by atoms with Crippen molar-refractivity contribution >= 4 is 40.3 Å². The number of amides is 1. The molecule has 0 aliphatic rings. The van der Waals surface area contributed by atoms with Crippen LogP contribution in [0.2, 0.25) is 5.02 Å². The number of carboxylic acid groups (broad SMARTS) is 1. The van der Waals surface area contributed by atoms with Gasteiger partial charge in [0.15, 0.2) is 6.61 Å². The Morgan fingerprint density at radius 3 is 2.41 bits per heavy atom. The molecular weight excluding hydrogens is 390 g/mol. The van der Waals surface area contributed by atoms with Gasteiger partial charge in [0.2, 0.25) is 0 Å². The fourth-order valence-electron chi connectivity index (χ4n) is 3.00. The number of halogens is 1. The van der Waals surface area contributed by atoms with Crippen LogP contribution in [0.4, 0.5) is 0 Å². The van der Waals surface area contributed by atoms with Gasteiger partial charge in [-0.15, -0.1) is 0 Å². The summed E-state index contributed by atoms with van der Waals surface area (Å²) in [5.74, 6) is -1.61. The van der Waals surface area contributed by atoms with Crippen molar-refractivity contribution < 1.29 is 19.4 Å². The summed E-state index contributed by atoms with van der Waals surface area (Å²) in [7, 11) is 0. The fraction of sp³-hybridized carbons (Fsp3) is 0.130. The number of hydrogen-bond acceptors (Lipinski definition) is 4. The van der Waals surface area contributed by atoms with Crippen molar-refractivity contribution in [1.29, 1.82) is 0 Å². The molecule has 3 aromatic carbocycles. The minimum Gasteiger partial charge on any atom is -0.543 e. The molecule has 3 aromatic rings. The Bertz CT molecular complexity index is 1090. The number of carbonyl (C=O) groups excluding carboxylic acids is 2. The Hall–Kier alpha value is -3.31. The maximum atomic E-state index is 12.2. The molecule has 0 atom stereocenters. The molecule has 0 aromatic heterocycles. The van der Waals surface area contributed by atoms with E-state index in [1.54, 1.807) is 18.2 Å². The Kier molecular flexibility index (Phi) is 6.20. The van der Waals surface area contributed by atoms with Crippen molar-refractivity contribution in [1.82, 2.24) is 5.32 Å². The number of benzene rings is 3. The van der Waals surface area contributed by atoms with E-state index in [1.807, 2.05) is 50.2 Å². The fourth-order valence-corrected chi connectivity index (χ4v) is 3.11. The number of carboxylic acids is 1. The van der Waals surface area contributed by atoms with Gasteiger partial charge in [0, 0.05) is 5.02 Å². The number of carbonyl (C=O) groups is 2. The highest BCUT2D eigenvalue weighted by Gasteiger charge is 2.10. The van der Waals surface area contributed by atoms with E-state index >= 15 is 0 Å². The molecule has 0 heterocycles. The molecule has 1 amide bonds. The summed E-state index contributed by atoms with van der Waals surface area (Å²) in [6, 6.07) is 16.5. The first-order chi connectivity index (χ1) is 13.8. The number of fused-ring (bicyclic) bond motifs is 1. The number of rotatable bonds is 6. The zero-order valence-corrected chi connectivity index (χ0v) is 16.7. The third-order valence-corrected chi connectivity index (χ3v) is 4.99. The second-order valence-corrected chi connectivity index (χ2v) is 7.00. The van der Waals surface area contributed by atoms with Crippen molar-refractivity contribution in [3.8, 4) is 5.75 Å². The molecule has 0 radical (unpaired) electrons. The van der Waals surface area contributed by atoms with E-state index in [4.69, 9.17) is 16.3 Å². The Morgan fingerprint density at radius 1 is 1.07 bits per heavy atom. The molecule has 1 N–H and O–H groups in total. The van der Waals surface area contributed by atoms with Gasteiger partial charge < -0.3 is 20.0 Å². The highest BCUT2D eigenvalue weighted by atomic mass is 35.5. The van der Waals surface area contributed by atoms with Crippen LogP contribution in [-0.2, 0) is 9.59 Å². The van der Waals surface area contributed by atoms with Crippen LogP contribution in [0.1, 0.15) is 16.7 Å². The van der Waals surface area contributed by atoms with Crippen LogP contribution in [0, 0.1) is 13.8 Å². The first-order valence-corrected chi connectivity index (χ1v) is 9.33. The molecule has 0 saturated carbocycles. The molecule has 6 heteroatoms. The molecular formula is C23H19ClNO4-. The van der Waals surface area contributed by atoms with E-state index in [-0.39, 0.29) is 12.3 Å². The normalized spacial score (nSPS) is 11.3. The largest absolute Gasteiger partial charge is 0.543 e. The number of ether oxygens (including phenoxy) is 1. The summed E-state index contributed by atoms with van der Waals surface area (Å²) in [4.78, 5) is 23.8. The lowest BCUT2D eigenvalue weighted by molar-refractivity contribution is -0.299. The summed E-state index contributed by atoms with van der Waals surface area (Å²) in [5, 5.41) is 16.3. The quantitative estimate of drug-likeness (QED) is 0.634. The van der Waals surface area contributed by atoms with Crippen LogP contribution in [-0.4, -0.2) is 18.5 Å².